The Kier molecular flexibility index (Phi) is 5.26. The van der Waals surface area contributed by atoms with Gasteiger partial charge in [-0.05, 0) is 30.3 Å². The van der Waals surface area contributed by atoms with E-state index >= 15 is 0 Å². The quantitative estimate of drug-likeness (QED) is 0.329. The van der Waals surface area contributed by atoms with Crippen molar-refractivity contribution in [3.8, 4) is 11.5 Å². The van der Waals surface area contributed by atoms with Crippen LogP contribution in [0.4, 0.5) is 23.4 Å². The zero-order valence-corrected chi connectivity index (χ0v) is 15.9. The Balaban J connectivity index is 1.66. The largest absolute Gasteiger partial charge is 0.433 e. The van der Waals surface area contributed by atoms with Crippen molar-refractivity contribution in [3.05, 3.63) is 82.2 Å². The molecule has 162 valence electrons. The lowest BCUT2D eigenvalue weighted by Crippen LogP contribution is -2.31. The van der Waals surface area contributed by atoms with E-state index in [1.54, 1.807) is 12.1 Å². The van der Waals surface area contributed by atoms with E-state index in [0.29, 0.717) is 6.07 Å². The van der Waals surface area contributed by atoms with Gasteiger partial charge in [-0.1, -0.05) is 6.07 Å². The molecule has 32 heavy (non-hydrogen) atoms. The lowest BCUT2D eigenvalue weighted by molar-refractivity contribution is -0.141. The van der Waals surface area contributed by atoms with Gasteiger partial charge in [0.2, 0.25) is 5.56 Å². The second-order valence-corrected chi connectivity index (χ2v) is 6.49. The highest BCUT2D eigenvalue weighted by Crippen LogP contribution is 2.30. The predicted molar refractivity (Wildman–Crippen MR) is 106 cm³/mol. The Bertz CT molecular complexity index is 1370. The maximum Gasteiger partial charge on any atom is 0.433 e. The fourth-order valence-electron chi connectivity index (χ4n) is 2.87. The van der Waals surface area contributed by atoms with Gasteiger partial charge in [0.1, 0.15) is 17.3 Å². The number of hydrogen-bond donors (Lipinski definition) is 3. The van der Waals surface area contributed by atoms with Gasteiger partial charge in [0.15, 0.2) is 11.5 Å². The Hall–Kier alpha value is -4.35. The van der Waals surface area contributed by atoms with Crippen molar-refractivity contribution in [3.63, 3.8) is 0 Å². The second kappa shape index (κ2) is 8.06. The molecule has 4 aromatic rings. The van der Waals surface area contributed by atoms with E-state index in [1.165, 1.54) is 18.3 Å². The van der Waals surface area contributed by atoms with Crippen molar-refractivity contribution in [1.82, 2.24) is 25.4 Å². The molecule has 3 aromatic heterocycles. The molecule has 0 aliphatic carbocycles. The number of rotatable bonds is 4. The molecule has 0 saturated carbocycles. The maximum absolute atomic E-state index is 13.4. The van der Waals surface area contributed by atoms with Crippen molar-refractivity contribution in [2.45, 2.75) is 6.18 Å². The van der Waals surface area contributed by atoms with Gasteiger partial charge in [0, 0.05) is 23.7 Å². The zero-order valence-electron chi connectivity index (χ0n) is 15.9. The summed E-state index contributed by atoms with van der Waals surface area (Å²) in [4.78, 5) is 38.2. The standard InChI is InChI=1S/C20H12F4N6O2/c21-10-4-5-11-12(8-17(31)26-14(11)7-10)19(32)30-29-16-9-15(20(22,23)24)27-18(28-16)13-3-1-2-6-25-13/h1-9H,(H,26,31)(H,30,32)(H,27,28,29). The van der Waals surface area contributed by atoms with Gasteiger partial charge in [-0.25, -0.2) is 14.4 Å². The van der Waals surface area contributed by atoms with Crippen LogP contribution in [0.3, 0.4) is 0 Å². The van der Waals surface area contributed by atoms with Gasteiger partial charge in [-0.3, -0.25) is 25.4 Å². The normalized spacial score (nSPS) is 11.4. The van der Waals surface area contributed by atoms with Crippen LogP contribution in [0.5, 0.6) is 0 Å². The summed E-state index contributed by atoms with van der Waals surface area (Å²) in [6, 6.07) is 9.59. The molecule has 0 aliphatic heterocycles. The highest BCUT2D eigenvalue weighted by Gasteiger charge is 2.34. The number of amides is 1. The number of pyridine rings is 2. The number of benzene rings is 1. The van der Waals surface area contributed by atoms with Crippen LogP contribution in [-0.4, -0.2) is 25.8 Å². The number of aromatic amines is 1. The second-order valence-electron chi connectivity index (χ2n) is 6.49. The minimum Gasteiger partial charge on any atom is -0.322 e. The third kappa shape index (κ3) is 4.38. The summed E-state index contributed by atoms with van der Waals surface area (Å²) in [5.41, 5.74) is 2.64. The first-order chi connectivity index (χ1) is 15.2. The molecule has 0 spiro atoms. The van der Waals surface area contributed by atoms with Crippen molar-refractivity contribution in [2.75, 3.05) is 5.43 Å². The third-order valence-corrected chi connectivity index (χ3v) is 4.26. The first-order valence-corrected chi connectivity index (χ1v) is 8.97. The molecule has 1 amide bonds. The molecule has 8 nitrogen and oxygen atoms in total. The van der Waals surface area contributed by atoms with E-state index in [-0.39, 0.29) is 33.8 Å². The number of anilines is 1. The molecule has 3 N–H and O–H groups in total. The molecule has 4 rings (SSSR count). The van der Waals surface area contributed by atoms with Gasteiger partial charge in [0.25, 0.3) is 5.91 Å². The predicted octanol–water partition coefficient (Wildman–Crippen LogP) is 3.29. The SMILES string of the molecule is O=C(NNc1cc(C(F)(F)F)nc(-c2ccccn2)n1)c1cc(=O)[nH]c2cc(F)ccc12. The number of halogens is 4. The highest BCUT2D eigenvalue weighted by atomic mass is 19.4. The topological polar surface area (TPSA) is 113 Å². The molecule has 0 radical (unpaired) electrons. The number of alkyl halides is 3. The molecule has 0 unspecified atom stereocenters. The fourth-order valence-corrected chi connectivity index (χ4v) is 2.87. The van der Waals surface area contributed by atoms with Gasteiger partial charge in [-0.2, -0.15) is 13.2 Å². The third-order valence-electron chi connectivity index (χ3n) is 4.26. The van der Waals surface area contributed by atoms with Gasteiger partial charge in [0.05, 0.1) is 11.1 Å². The van der Waals surface area contributed by atoms with E-state index in [9.17, 15) is 27.2 Å². The van der Waals surface area contributed by atoms with Crippen LogP contribution in [0.2, 0.25) is 0 Å². The van der Waals surface area contributed by atoms with Crippen LogP contribution in [0.1, 0.15) is 16.1 Å². The van der Waals surface area contributed by atoms with Crippen LogP contribution < -0.4 is 16.4 Å². The smallest absolute Gasteiger partial charge is 0.322 e. The Morgan fingerprint density at radius 3 is 2.56 bits per heavy atom. The lowest BCUT2D eigenvalue weighted by atomic mass is 10.1. The fraction of sp³-hybridized carbons (Fsp3) is 0.0500. The number of fused-ring (bicyclic) bond motifs is 1. The van der Waals surface area contributed by atoms with Crippen LogP contribution in [0.25, 0.3) is 22.4 Å². The number of carbonyl (C=O) groups excluding carboxylic acids is 1. The van der Waals surface area contributed by atoms with Crippen molar-refractivity contribution < 1.29 is 22.4 Å². The van der Waals surface area contributed by atoms with E-state index in [0.717, 1.165) is 18.2 Å². The van der Waals surface area contributed by atoms with Gasteiger partial charge >= 0.3 is 6.18 Å². The molecule has 0 fully saturated rings. The Morgan fingerprint density at radius 1 is 1.03 bits per heavy atom. The van der Waals surface area contributed by atoms with E-state index in [4.69, 9.17) is 0 Å². The van der Waals surface area contributed by atoms with E-state index in [1.807, 2.05) is 0 Å². The lowest BCUT2D eigenvalue weighted by Gasteiger charge is -2.13. The molecule has 1 aromatic carbocycles. The van der Waals surface area contributed by atoms with E-state index in [2.05, 4.69) is 30.8 Å². The summed E-state index contributed by atoms with van der Waals surface area (Å²) < 4.78 is 53.3. The molecule has 0 bridgehead atoms. The zero-order chi connectivity index (χ0) is 22.9. The molecule has 3 heterocycles. The van der Waals surface area contributed by atoms with Crippen LogP contribution >= 0.6 is 0 Å². The molecule has 0 atom stereocenters. The number of aromatic nitrogens is 4. The molecule has 0 aliphatic rings. The van der Waals surface area contributed by atoms with Gasteiger partial charge < -0.3 is 4.98 Å². The molecular formula is C20H12F4N6O2. The number of hydrazine groups is 1. The number of nitrogens with one attached hydrogen (secondary N) is 3. The minimum absolute atomic E-state index is 0.0847. The number of carbonyl (C=O) groups is 1. The summed E-state index contributed by atoms with van der Waals surface area (Å²) in [6.45, 7) is 0. The maximum atomic E-state index is 13.4. The summed E-state index contributed by atoms with van der Waals surface area (Å²) >= 11 is 0. The molecular weight excluding hydrogens is 432 g/mol. The van der Waals surface area contributed by atoms with Gasteiger partial charge in [-0.15, -0.1) is 0 Å². The minimum atomic E-state index is -4.78. The average molecular weight is 444 g/mol. The summed E-state index contributed by atoms with van der Waals surface area (Å²) in [6.07, 6.45) is -3.41. The van der Waals surface area contributed by atoms with Crippen molar-refractivity contribution in [1.29, 1.82) is 0 Å². The number of nitrogens with zero attached hydrogens (tertiary/aromatic N) is 3. The summed E-state index contributed by atoms with van der Waals surface area (Å²) in [7, 11) is 0. The van der Waals surface area contributed by atoms with Crippen molar-refractivity contribution >= 4 is 22.6 Å². The number of H-pyrrole nitrogens is 1. The Morgan fingerprint density at radius 2 is 1.84 bits per heavy atom. The molecule has 0 saturated heterocycles. The van der Waals surface area contributed by atoms with Crippen LogP contribution in [-0.2, 0) is 6.18 Å². The monoisotopic (exact) mass is 444 g/mol. The molecule has 12 heteroatoms. The average Bonchev–Trinajstić information content (AvgIpc) is 2.76. The van der Waals surface area contributed by atoms with Crippen molar-refractivity contribution in [2.24, 2.45) is 0 Å². The van der Waals surface area contributed by atoms with E-state index < -0.39 is 29.2 Å². The highest BCUT2D eigenvalue weighted by molar-refractivity contribution is 6.06. The first-order valence-electron chi connectivity index (χ1n) is 8.97. The first kappa shape index (κ1) is 20.9. The van der Waals surface area contributed by atoms with Crippen LogP contribution in [0.15, 0.2) is 59.5 Å². The number of hydrogen-bond acceptors (Lipinski definition) is 6. The Labute approximate surface area is 176 Å². The van der Waals surface area contributed by atoms with Crippen LogP contribution in [0, 0.1) is 5.82 Å². The summed E-state index contributed by atoms with van der Waals surface area (Å²) in [5, 5.41) is 0.234. The summed E-state index contributed by atoms with van der Waals surface area (Å²) in [5.74, 6) is -2.14.